The zero-order valence-electron chi connectivity index (χ0n) is 13.3. The van der Waals surface area contributed by atoms with Crippen LogP contribution in [-0.4, -0.2) is 17.9 Å². The highest BCUT2D eigenvalue weighted by molar-refractivity contribution is 5.87. The zero-order valence-corrected chi connectivity index (χ0v) is 13.3. The summed E-state index contributed by atoms with van der Waals surface area (Å²) in [5.74, 6) is -1.81. The van der Waals surface area contributed by atoms with Crippen molar-refractivity contribution in [2.75, 3.05) is 0 Å². The number of hydrogen-bond donors (Lipinski definition) is 2. The van der Waals surface area contributed by atoms with Gasteiger partial charge >= 0.3 is 6.18 Å². The first-order chi connectivity index (χ1) is 10.5. The van der Waals surface area contributed by atoms with Crippen LogP contribution in [0.15, 0.2) is 24.3 Å². The van der Waals surface area contributed by atoms with Gasteiger partial charge in [0.25, 0.3) is 0 Å². The van der Waals surface area contributed by atoms with Crippen molar-refractivity contribution in [3.8, 4) is 0 Å². The van der Waals surface area contributed by atoms with E-state index in [4.69, 9.17) is 5.73 Å². The van der Waals surface area contributed by atoms with Crippen LogP contribution in [0.4, 0.5) is 13.2 Å². The molecule has 1 rings (SSSR count). The fourth-order valence-corrected chi connectivity index (χ4v) is 2.18. The lowest BCUT2D eigenvalue weighted by molar-refractivity contribution is -0.137. The van der Waals surface area contributed by atoms with Crippen molar-refractivity contribution in [2.45, 2.75) is 39.4 Å². The molecule has 1 aromatic rings. The Balaban J connectivity index is 2.77. The van der Waals surface area contributed by atoms with E-state index < -0.39 is 35.5 Å². The quantitative estimate of drug-likeness (QED) is 0.841. The summed E-state index contributed by atoms with van der Waals surface area (Å²) in [6.45, 7) is 5.08. The lowest BCUT2D eigenvalue weighted by Gasteiger charge is -2.21. The molecule has 0 spiro atoms. The molecule has 0 unspecified atom stereocenters. The molecule has 7 heteroatoms. The Hall–Kier alpha value is -2.05. The molecule has 0 saturated heterocycles. The minimum atomic E-state index is -4.42. The Kier molecular flexibility index (Phi) is 6.18. The molecule has 23 heavy (non-hydrogen) atoms. The molecule has 0 saturated carbocycles. The average molecular weight is 330 g/mol. The van der Waals surface area contributed by atoms with Crippen LogP contribution in [0, 0.1) is 11.8 Å². The minimum absolute atomic E-state index is 0.138. The SMILES string of the molecule is CC(C)[C@H](NC(=O)[C@H](C)Cc1cccc(C(F)(F)F)c1)C(N)=O. The molecule has 4 nitrogen and oxygen atoms in total. The summed E-state index contributed by atoms with van der Waals surface area (Å²) in [5.41, 5.74) is 4.88. The number of rotatable bonds is 6. The highest BCUT2D eigenvalue weighted by atomic mass is 19.4. The molecular weight excluding hydrogens is 309 g/mol. The number of halogens is 3. The summed E-state index contributed by atoms with van der Waals surface area (Å²) in [6.07, 6.45) is -4.28. The molecule has 0 fully saturated rings. The van der Waals surface area contributed by atoms with Crippen LogP contribution in [-0.2, 0) is 22.2 Å². The smallest absolute Gasteiger partial charge is 0.368 e. The van der Waals surface area contributed by atoms with E-state index in [1.165, 1.54) is 12.1 Å². The van der Waals surface area contributed by atoms with E-state index in [9.17, 15) is 22.8 Å². The standard InChI is InChI=1S/C16H21F3N2O2/c1-9(2)13(14(20)22)21-15(23)10(3)7-11-5-4-6-12(8-11)16(17,18)19/h4-6,8-10,13H,7H2,1-3H3,(H2,20,22)(H,21,23)/t10-,13+/m1/s1. The molecule has 0 aliphatic heterocycles. The van der Waals surface area contributed by atoms with Gasteiger partial charge in [0.1, 0.15) is 6.04 Å². The Bertz CT molecular complexity index is 571. The van der Waals surface area contributed by atoms with E-state index in [2.05, 4.69) is 5.32 Å². The molecule has 2 atom stereocenters. The van der Waals surface area contributed by atoms with E-state index in [0.29, 0.717) is 5.56 Å². The predicted octanol–water partition coefficient (Wildman–Crippen LogP) is 2.51. The average Bonchev–Trinajstić information content (AvgIpc) is 2.43. The number of primary amides is 1. The minimum Gasteiger partial charge on any atom is -0.368 e. The van der Waals surface area contributed by atoms with Gasteiger partial charge in [0.2, 0.25) is 11.8 Å². The molecule has 0 aliphatic rings. The van der Waals surface area contributed by atoms with Crippen molar-refractivity contribution in [2.24, 2.45) is 17.6 Å². The normalized spacial score (nSPS) is 14.4. The molecule has 0 radical (unpaired) electrons. The second-order valence-corrected chi connectivity index (χ2v) is 5.94. The first-order valence-electron chi connectivity index (χ1n) is 7.28. The topological polar surface area (TPSA) is 72.2 Å². The van der Waals surface area contributed by atoms with Crippen LogP contribution >= 0.6 is 0 Å². The summed E-state index contributed by atoms with van der Waals surface area (Å²) in [6, 6.07) is 4.05. The van der Waals surface area contributed by atoms with Crippen LogP contribution in [0.5, 0.6) is 0 Å². The summed E-state index contributed by atoms with van der Waals surface area (Å²) in [5, 5.41) is 2.55. The number of carbonyl (C=O) groups is 2. The highest BCUT2D eigenvalue weighted by Gasteiger charge is 2.30. The van der Waals surface area contributed by atoms with Crippen LogP contribution in [0.25, 0.3) is 0 Å². The Labute approximate surface area is 133 Å². The third kappa shape index (κ3) is 5.58. The Morgan fingerprint density at radius 3 is 2.30 bits per heavy atom. The molecule has 0 aromatic heterocycles. The molecule has 0 aliphatic carbocycles. The summed E-state index contributed by atoms with van der Waals surface area (Å²) in [4.78, 5) is 23.4. The van der Waals surface area contributed by atoms with Crippen molar-refractivity contribution in [3.63, 3.8) is 0 Å². The predicted molar refractivity (Wildman–Crippen MR) is 80.3 cm³/mol. The van der Waals surface area contributed by atoms with Gasteiger partial charge in [-0.25, -0.2) is 0 Å². The Morgan fingerprint density at radius 1 is 1.22 bits per heavy atom. The second kappa shape index (κ2) is 7.48. The highest BCUT2D eigenvalue weighted by Crippen LogP contribution is 2.30. The summed E-state index contributed by atoms with van der Waals surface area (Å²) >= 11 is 0. The van der Waals surface area contributed by atoms with E-state index in [0.717, 1.165) is 12.1 Å². The van der Waals surface area contributed by atoms with Crippen molar-refractivity contribution in [1.29, 1.82) is 0 Å². The van der Waals surface area contributed by atoms with Gasteiger partial charge in [0.05, 0.1) is 5.56 Å². The van der Waals surface area contributed by atoms with Gasteiger partial charge in [-0.3, -0.25) is 9.59 Å². The molecule has 2 amide bonds. The maximum atomic E-state index is 12.7. The number of nitrogens with two attached hydrogens (primary N) is 1. The van der Waals surface area contributed by atoms with E-state index in [-0.39, 0.29) is 12.3 Å². The van der Waals surface area contributed by atoms with Gasteiger partial charge in [-0.15, -0.1) is 0 Å². The number of benzene rings is 1. The molecular formula is C16H21F3N2O2. The Morgan fingerprint density at radius 2 is 1.83 bits per heavy atom. The van der Waals surface area contributed by atoms with Crippen molar-refractivity contribution in [3.05, 3.63) is 35.4 Å². The third-order valence-corrected chi connectivity index (χ3v) is 3.51. The van der Waals surface area contributed by atoms with Gasteiger partial charge < -0.3 is 11.1 Å². The largest absolute Gasteiger partial charge is 0.416 e. The van der Waals surface area contributed by atoms with Gasteiger partial charge in [-0.1, -0.05) is 39.0 Å². The van der Waals surface area contributed by atoms with Crippen LogP contribution in [0.3, 0.4) is 0 Å². The van der Waals surface area contributed by atoms with Crippen LogP contribution < -0.4 is 11.1 Å². The monoisotopic (exact) mass is 330 g/mol. The lowest BCUT2D eigenvalue weighted by atomic mass is 9.97. The number of alkyl halides is 3. The van der Waals surface area contributed by atoms with E-state index in [1.54, 1.807) is 20.8 Å². The molecule has 1 aromatic carbocycles. The van der Waals surface area contributed by atoms with Crippen LogP contribution in [0.1, 0.15) is 31.9 Å². The van der Waals surface area contributed by atoms with Gasteiger partial charge in [-0.2, -0.15) is 13.2 Å². The number of carbonyl (C=O) groups excluding carboxylic acids is 2. The second-order valence-electron chi connectivity index (χ2n) is 5.94. The summed E-state index contributed by atoms with van der Waals surface area (Å²) < 4.78 is 38.0. The lowest BCUT2D eigenvalue weighted by Crippen LogP contribution is -2.49. The zero-order chi connectivity index (χ0) is 17.8. The fourth-order valence-electron chi connectivity index (χ4n) is 2.18. The molecule has 0 heterocycles. The maximum Gasteiger partial charge on any atom is 0.416 e. The van der Waals surface area contributed by atoms with Gasteiger partial charge in [0, 0.05) is 5.92 Å². The van der Waals surface area contributed by atoms with E-state index >= 15 is 0 Å². The van der Waals surface area contributed by atoms with E-state index in [1.807, 2.05) is 0 Å². The van der Waals surface area contributed by atoms with Crippen molar-refractivity contribution < 1.29 is 22.8 Å². The van der Waals surface area contributed by atoms with Gasteiger partial charge in [0.15, 0.2) is 0 Å². The third-order valence-electron chi connectivity index (χ3n) is 3.51. The van der Waals surface area contributed by atoms with Crippen molar-refractivity contribution >= 4 is 11.8 Å². The summed E-state index contributed by atoms with van der Waals surface area (Å²) in [7, 11) is 0. The van der Waals surface area contributed by atoms with Crippen LogP contribution in [0.2, 0.25) is 0 Å². The first kappa shape index (κ1) is 19.0. The number of amides is 2. The maximum absolute atomic E-state index is 12.7. The number of hydrogen-bond acceptors (Lipinski definition) is 2. The molecule has 128 valence electrons. The fraction of sp³-hybridized carbons (Fsp3) is 0.500. The molecule has 3 N–H and O–H groups in total. The van der Waals surface area contributed by atoms with Crippen molar-refractivity contribution in [1.82, 2.24) is 5.32 Å². The first-order valence-corrected chi connectivity index (χ1v) is 7.28. The van der Waals surface area contributed by atoms with Gasteiger partial charge in [-0.05, 0) is 24.0 Å². The molecule has 0 bridgehead atoms. The number of nitrogens with one attached hydrogen (secondary N) is 1.